The molecule has 0 radical (unpaired) electrons. The van der Waals surface area contributed by atoms with Crippen LogP contribution in [0.15, 0.2) is 0 Å². The second kappa shape index (κ2) is 7.70. The Morgan fingerprint density at radius 3 is 2.43 bits per heavy atom. The molecule has 0 N–H and O–H groups in total. The normalized spacial score (nSPS) is 20.1. The highest BCUT2D eigenvalue weighted by Crippen LogP contribution is 2.19. The maximum atomic E-state index is 3.59. The van der Waals surface area contributed by atoms with Gasteiger partial charge in [0.15, 0.2) is 0 Å². The van der Waals surface area contributed by atoms with Gasteiger partial charge in [-0.1, -0.05) is 42.1 Å². The molecule has 1 fully saturated rings. The summed E-state index contributed by atoms with van der Waals surface area (Å²) in [5.74, 6) is 0.946. The largest absolute Gasteiger partial charge is 0.303 e. The first-order valence-corrected chi connectivity index (χ1v) is 7.27. The summed E-state index contributed by atoms with van der Waals surface area (Å²) in [6, 6.07) is 0. The predicted octanol–water partition coefficient (Wildman–Crippen LogP) is 3.67. The first-order valence-electron chi connectivity index (χ1n) is 6.15. The first-order chi connectivity index (χ1) is 6.86. The summed E-state index contributed by atoms with van der Waals surface area (Å²) in [7, 11) is 0. The number of unbranched alkanes of at least 4 members (excludes halogenated alkanes) is 3. The fourth-order valence-electron chi connectivity index (χ4n) is 2.13. The summed E-state index contributed by atoms with van der Waals surface area (Å²) in [5, 5.41) is 1.21. The minimum atomic E-state index is 0.946. The van der Waals surface area contributed by atoms with E-state index in [1.165, 1.54) is 63.5 Å². The predicted molar refractivity (Wildman–Crippen MR) is 67.1 cm³/mol. The van der Waals surface area contributed by atoms with Gasteiger partial charge in [0.1, 0.15) is 0 Å². The Hall–Kier alpha value is 0.440. The lowest BCUT2D eigenvalue weighted by Crippen LogP contribution is -2.34. The van der Waals surface area contributed by atoms with Gasteiger partial charge in [-0.25, -0.2) is 0 Å². The molecular weight excluding hydrogens is 238 g/mol. The number of rotatable bonds is 6. The zero-order valence-corrected chi connectivity index (χ0v) is 11.1. The van der Waals surface area contributed by atoms with Gasteiger partial charge in [-0.2, -0.15) is 0 Å². The van der Waals surface area contributed by atoms with Crippen LogP contribution in [0.1, 0.15) is 45.4 Å². The SMILES string of the molecule is CCCCCCN1CCC(CBr)CC1. The summed E-state index contributed by atoms with van der Waals surface area (Å²) in [6.45, 7) is 6.29. The van der Waals surface area contributed by atoms with E-state index in [1.54, 1.807) is 0 Å². The average molecular weight is 262 g/mol. The van der Waals surface area contributed by atoms with Crippen molar-refractivity contribution in [2.24, 2.45) is 5.92 Å². The van der Waals surface area contributed by atoms with Crippen LogP contribution in [0, 0.1) is 5.92 Å². The lowest BCUT2D eigenvalue weighted by atomic mass is 9.99. The lowest BCUT2D eigenvalue weighted by molar-refractivity contribution is 0.191. The Bertz CT molecular complexity index is 130. The second-order valence-electron chi connectivity index (χ2n) is 4.50. The lowest BCUT2D eigenvalue weighted by Gasteiger charge is -2.31. The van der Waals surface area contributed by atoms with Crippen LogP contribution in [0.2, 0.25) is 0 Å². The summed E-state index contributed by atoms with van der Waals surface area (Å²) < 4.78 is 0. The number of hydrogen-bond donors (Lipinski definition) is 0. The molecule has 0 aromatic heterocycles. The Morgan fingerprint density at radius 2 is 1.86 bits per heavy atom. The van der Waals surface area contributed by atoms with Crippen LogP contribution in [0.4, 0.5) is 0 Å². The van der Waals surface area contributed by atoms with Crippen molar-refractivity contribution in [3.05, 3.63) is 0 Å². The monoisotopic (exact) mass is 261 g/mol. The topological polar surface area (TPSA) is 3.24 Å². The Morgan fingerprint density at radius 1 is 1.14 bits per heavy atom. The average Bonchev–Trinajstić information content (AvgIpc) is 2.25. The number of nitrogens with zero attached hydrogens (tertiary/aromatic N) is 1. The highest BCUT2D eigenvalue weighted by atomic mass is 79.9. The number of hydrogen-bond acceptors (Lipinski definition) is 1. The molecule has 1 nitrogen and oxygen atoms in total. The molecule has 84 valence electrons. The molecule has 1 aliphatic rings. The number of alkyl halides is 1. The van der Waals surface area contributed by atoms with E-state index >= 15 is 0 Å². The Balaban J connectivity index is 1.98. The minimum absolute atomic E-state index is 0.946. The van der Waals surface area contributed by atoms with Crippen molar-refractivity contribution in [3.63, 3.8) is 0 Å². The molecule has 0 bridgehead atoms. The second-order valence-corrected chi connectivity index (χ2v) is 5.15. The van der Waals surface area contributed by atoms with Crippen molar-refractivity contribution in [2.75, 3.05) is 25.0 Å². The van der Waals surface area contributed by atoms with Crippen LogP contribution in [0.3, 0.4) is 0 Å². The van der Waals surface area contributed by atoms with Crippen molar-refractivity contribution in [3.8, 4) is 0 Å². The third-order valence-corrected chi connectivity index (χ3v) is 4.17. The Labute approximate surface area is 97.4 Å². The molecule has 0 amide bonds. The first kappa shape index (κ1) is 12.5. The third kappa shape index (κ3) is 4.79. The van der Waals surface area contributed by atoms with E-state index in [9.17, 15) is 0 Å². The summed E-state index contributed by atoms with van der Waals surface area (Å²) in [5.41, 5.74) is 0. The fourth-order valence-corrected chi connectivity index (χ4v) is 2.77. The van der Waals surface area contributed by atoms with Crippen LogP contribution >= 0.6 is 15.9 Å². The minimum Gasteiger partial charge on any atom is -0.303 e. The zero-order valence-electron chi connectivity index (χ0n) is 9.47. The molecule has 14 heavy (non-hydrogen) atoms. The van der Waals surface area contributed by atoms with Gasteiger partial charge in [0.05, 0.1) is 0 Å². The van der Waals surface area contributed by atoms with Gasteiger partial charge in [0.25, 0.3) is 0 Å². The highest BCUT2D eigenvalue weighted by molar-refractivity contribution is 9.09. The molecule has 0 atom stereocenters. The number of halogens is 1. The van der Waals surface area contributed by atoms with E-state index in [0.29, 0.717) is 0 Å². The van der Waals surface area contributed by atoms with E-state index in [1.807, 2.05) is 0 Å². The van der Waals surface area contributed by atoms with Crippen LogP contribution in [-0.4, -0.2) is 29.9 Å². The fraction of sp³-hybridized carbons (Fsp3) is 1.00. The van der Waals surface area contributed by atoms with E-state index in [0.717, 1.165) is 5.92 Å². The van der Waals surface area contributed by atoms with Crippen molar-refractivity contribution < 1.29 is 0 Å². The molecule has 0 unspecified atom stereocenters. The van der Waals surface area contributed by atoms with Gasteiger partial charge < -0.3 is 4.90 Å². The van der Waals surface area contributed by atoms with E-state index in [2.05, 4.69) is 27.8 Å². The van der Waals surface area contributed by atoms with Gasteiger partial charge in [-0.3, -0.25) is 0 Å². The molecule has 0 aromatic carbocycles. The Kier molecular flexibility index (Phi) is 6.88. The molecule has 1 rings (SSSR count). The number of piperidine rings is 1. The smallest absolute Gasteiger partial charge is 0.00606 e. The number of likely N-dealkylation sites (tertiary alicyclic amines) is 1. The standard InChI is InChI=1S/C12H24BrN/c1-2-3-4-5-8-14-9-6-12(11-13)7-10-14/h12H,2-11H2,1H3. The van der Waals surface area contributed by atoms with Gasteiger partial charge in [-0.05, 0) is 44.8 Å². The van der Waals surface area contributed by atoms with Crippen LogP contribution in [-0.2, 0) is 0 Å². The van der Waals surface area contributed by atoms with Crippen molar-refractivity contribution in [2.45, 2.75) is 45.4 Å². The quantitative estimate of drug-likeness (QED) is 0.521. The highest BCUT2D eigenvalue weighted by Gasteiger charge is 2.17. The van der Waals surface area contributed by atoms with E-state index in [4.69, 9.17) is 0 Å². The zero-order chi connectivity index (χ0) is 10.2. The van der Waals surface area contributed by atoms with Crippen LogP contribution in [0.5, 0.6) is 0 Å². The summed E-state index contributed by atoms with van der Waals surface area (Å²) >= 11 is 3.59. The molecule has 2 heteroatoms. The van der Waals surface area contributed by atoms with Gasteiger partial charge >= 0.3 is 0 Å². The van der Waals surface area contributed by atoms with Crippen molar-refractivity contribution in [1.29, 1.82) is 0 Å². The molecule has 1 saturated heterocycles. The van der Waals surface area contributed by atoms with Crippen molar-refractivity contribution >= 4 is 15.9 Å². The van der Waals surface area contributed by atoms with Gasteiger partial charge in [0, 0.05) is 5.33 Å². The molecule has 1 aliphatic heterocycles. The molecule has 0 saturated carbocycles. The van der Waals surface area contributed by atoms with Gasteiger partial charge in [0.2, 0.25) is 0 Å². The van der Waals surface area contributed by atoms with Crippen LogP contribution in [0.25, 0.3) is 0 Å². The maximum Gasteiger partial charge on any atom is 0.00606 e. The summed E-state index contributed by atoms with van der Waals surface area (Å²) in [6.07, 6.45) is 8.41. The van der Waals surface area contributed by atoms with Crippen molar-refractivity contribution in [1.82, 2.24) is 4.90 Å². The molecule has 0 aromatic rings. The third-order valence-electron chi connectivity index (χ3n) is 3.25. The maximum absolute atomic E-state index is 3.59. The van der Waals surface area contributed by atoms with E-state index in [-0.39, 0.29) is 0 Å². The summed E-state index contributed by atoms with van der Waals surface area (Å²) in [4.78, 5) is 2.65. The molecular formula is C12H24BrN. The molecule has 0 aliphatic carbocycles. The molecule has 0 spiro atoms. The van der Waals surface area contributed by atoms with E-state index < -0.39 is 0 Å². The molecule has 1 heterocycles. The van der Waals surface area contributed by atoms with Gasteiger partial charge in [-0.15, -0.1) is 0 Å². The van der Waals surface area contributed by atoms with Crippen LogP contribution < -0.4 is 0 Å².